The largest absolute Gasteiger partial charge is 0.497 e. The number of methoxy groups -OCH3 is 1. The molecule has 0 saturated carbocycles. The Kier molecular flexibility index (Phi) is 5.56. The van der Waals surface area contributed by atoms with Crippen molar-refractivity contribution in [3.63, 3.8) is 0 Å². The molecule has 0 aliphatic rings. The smallest absolute Gasteiger partial charge is 0.281 e. The summed E-state index contributed by atoms with van der Waals surface area (Å²) in [5, 5.41) is 0. The van der Waals surface area contributed by atoms with E-state index in [1.54, 1.807) is 7.11 Å². The molecule has 0 fully saturated rings. The Morgan fingerprint density at radius 2 is 1.18 bits per heavy atom. The fourth-order valence-electron chi connectivity index (χ4n) is 4.02. The number of rotatable bonds is 5. The van der Waals surface area contributed by atoms with Crippen LogP contribution in [0.3, 0.4) is 0 Å². The summed E-state index contributed by atoms with van der Waals surface area (Å²) in [5.74, 6) is 1.32. The molecule has 0 radical (unpaired) electrons. The molecule has 160 valence electrons. The quantitative estimate of drug-likeness (QED) is 0.331. The summed E-state index contributed by atoms with van der Waals surface area (Å²) in [4.78, 5) is 18.2. The van der Waals surface area contributed by atoms with Crippen LogP contribution in [0.15, 0.2) is 120 Å². The van der Waals surface area contributed by atoms with Crippen molar-refractivity contribution in [3.05, 3.63) is 126 Å². The van der Waals surface area contributed by atoms with E-state index in [1.165, 1.54) is 0 Å². The van der Waals surface area contributed by atoms with Gasteiger partial charge in [0.25, 0.3) is 5.56 Å². The van der Waals surface area contributed by atoms with Gasteiger partial charge in [0.1, 0.15) is 11.6 Å². The molecule has 4 heteroatoms. The molecule has 5 aromatic rings. The van der Waals surface area contributed by atoms with Gasteiger partial charge in [0.2, 0.25) is 0 Å². The van der Waals surface area contributed by atoms with E-state index in [0.717, 1.165) is 33.8 Å². The Balaban J connectivity index is 1.92. The van der Waals surface area contributed by atoms with E-state index in [2.05, 4.69) is 9.55 Å². The molecular formula is C29H22N2O2. The van der Waals surface area contributed by atoms with Gasteiger partial charge in [-0.05, 0) is 47.5 Å². The Labute approximate surface area is 192 Å². The Hall–Kier alpha value is -4.44. The van der Waals surface area contributed by atoms with E-state index in [4.69, 9.17) is 4.74 Å². The van der Waals surface area contributed by atoms with Crippen molar-refractivity contribution in [1.82, 2.24) is 9.55 Å². The first-order chi connectivity index (χ1) is 16.3. The number of benzene rings is 4. The Morgan fingerprint density at radius 3 is 1.76 bits per heavy atom. The van der Waals surface area contributed by atoms with Crippen LogP contribution in [0.25, 0.3) is 39.5 Å². The van der Waals surface area contributed by atoms with Crippen LogP contribution in [-0.4, -0.2) is 16.7 Å². The highest BCUT2D eigenvalue weighted by atomic mass is 16.5. The van der Waals surface area contributed by atoms with Crippen LogP contribution < -0.4 is 10.3 Å². The van der Waals surface area contributed by atoms with Gasteiger partial charge in [0.05, 0.1) is 18.4 Å². The summed E-state index contributed by atoms with van der Waals surface area (Å²) in [7, 11) is 1.63. The molecule has 1 heterocycles. The molecule has 0 atom stereocenters. The third-order valence-electron chi connectivity index (χ3n) is 5.57. The monoisotopic (exact) mass is 430 g/mol. The maximum absolute atomic E-state index is 13.6. The minimum atomic E-state index is -0.266. The average Bonchev–Trinajstić information content (AvgIpc) is 2.89. The highest BCUT2D eigenvalue weighted by molar-refractivity contribution is 5.83. The van der Waals surface area contributed by atoms with Crippen molar-refractivity contribution in [2.45, 2.75) is 0 Å². The Bertz CT molecular complexity index is 1430. The van der Waals surface area contributed by atoms with Gasteiger partial charge in [0.15, 0.2) is 0 Å². The fraction of sp³-hybridized carbons (Fsp3) is 0.0345. The van der Waals surface area contributed by atoms with Gasteiger partial charge in [-0.25, -0.2) is 0 Å². The number of hydrogen-bond acceptors (Lipinski definition) is 3. The van der Waals surface area contributed by atoms with Crippen molar-refractivity contribution >= 4 is 0 Å². The zero-order valence-electron chi connectivity index (χ0n) is 18.2. The molecule has 0 unspecified atom stereocenters. The van der Waals surface area contributed by atoms with Gasteiger partial charge in [-0.3, -0.25) is 9.36 Å². The van der Waals surface area contributed by atoms with Crippen molar-refractivity contribution < 1.29 is 4.74 Å². The number of aromatic nitrogens is 2. The average molecular weight is 431 g/mol. The van der Waals surface area contributed by atoms with Crippen LogP contribution in [-0.2, 0) is 0 Å². The van der Waals surface area contributed by atoms with E-state index < -0.39 is 0 Å². The predicted octanol–water partition coefficient (Wildman–Crippen LogP) is 6.24. The molecule has 1 aromatic heterocycles. The predicted molar refractivity (Wildman–Crippen MR) is 133 cm³/mol. The van der Waals surface area contributed by atoms with Gasteiger partial charge < -0.3 is 4.74 Å². The zero-order chi connectivity index (χ0) is 22.6. The second-order valence-electron chi connectivity index (χ2n) is 7.60. The van der Waals surface area contributed by atoms with Crippen LogP contribution in [0.5, 0.6) is 5.75 Å². The van der Waals surface area contributed by atoms with Crippen LogP contribution in [0, 0.1) is 0 Å². The molecule has 0 bridgehead atoms. The number of nitrogens with zero attached hydrogens (tertiary/aromatic N) is 2. The number of para-hydroxylation sites is 1. The molecule has 0 amide bonds. The second kappa shape index (κ2) is 8.97. The summed E-state index contributed by atoms with van der Waals surface area (Å²) in [5.41, 5.74) is 4.63. The molecule has 0 aliphatic heterocycles. The van der Waals surface area contributed by atoms with Gasteiger partial charge in [0, 0.05) is 11.3 Å². The molecule has 5 rings (SSSR count). The van der Waals surface area contributed by atoms with E-state index in [9.17, 15) is 4.79 Å². The number of ether oxygens (including phenoxy) is 1. The summed E-state index contributed by atoms with van der Waals surface area (Å²) >= 11 is 0. The first-order valence-electron chi connectivity index (χ1n) is 10.7. The van der Waals surface area contributed by atoms with Gasteiger partial charge in [-0.2, -0.15) is 4.98 Å². The summed E-state index contributed by atoms with van der Waals surface area (Å²) in [6.07, 6.45) is 0. The van der Waals surface area contributed by atoms with Crippen molar-refractivity contribution in [2.75, 3.05) is 7.11 Å². The SMILES string of the molecule is COc1ccc(-c2nc(=O)c(-c3ccccc3)c(-c3ccccc3)n2-c2ccccc2)cc1. The molecule has 33 heavy (non-hydrogen) atoms. The van der Waals surface area contributed by atoms with Gasteiger partial charge in [-0.15, -0.1) is 0 Å². The lowest BCUT2D eigenvalue weighted by Gasteiger charge is -2.21. The third kappa shape index (κ3) is 3.94. The molecule has 0 spiro atoms. The van der Waals surface area contributed by atoms with Gasteiger partial charge in [-0.1, -0.05) is 78.9 Å². The minimum absolute atomic E-state index is 0.266. The maximum Gasteiger partial charge on any atom is 0.281 e. The lowest BCUT2D eigenvalue weighted by Crippen LogP contribution is -2.19. The Morgan fingerprint density at radius 1 is 0.636 bits per heavy atom. The van der Waals surface area contributed by atoms with Crippen molar-refractivity contribution in [2.24, 2.45) is 0 Å². The zero-order valence-corrected chi connectivity index (χ0v) is 18.2. The highest BCUT2D eigenvalue weighted by Crippen LogP contribution is 2.35. The van der Waals surface area contributed by atoms with E-state index >= 15 is 0 Å². The van der Waals surface area contributed by atoms with Crippen LogP contribution in [0.4, 0.5) is 0 Å². The molecule has 4 nitrogen and oxygen atoms in total. The highest BCUT2D eigenvalue weighted by Gasteiger charge is 2.22. The van der Waals surface area contributed by atoms with E-state index in [-0.39, 0.29) is 5.56 Å². The normalized spacial score (nSPS) is 10.7. The molecule has 0 N–H and O–H groups in total. The first-order valence-corrected chi connectivity index (χ1v) is 10.7. The van der Waals surface area contributed by atoms with Crippen molar-refractivity contribution in [1.29, 1.82) is 0 Å². The van der Waals surface area contributed by atoms with Gasteiger partial charge >= 0.3 is 0 Å². The fourth-order valence-corrected chi connectivity index (χ4v) is 4.02. The van der Waals surface area contributed by atoms with E-state index in [1.807, 2.05) is 115 Å². The minimum Gasteiger partial charge on any atom is -0.497 e. The van der Waals surface area contributed by atoms with E-state index in [0.29, 0.717) is 11.4 Å². The standard InChI is InChI=1S/C29H22N2O2/c1-33-25-19-17-23(18-20-25)28-30-29(32)26(21-11-5-2-6-12-21)27(22-13-7-3-8-14-22)31(28)24-15-9-4-10-16-24/h2-20H,1H3. The lowest BCUT2D eigenvalue weighted by atomic mass is 9.99. The van der Waals surface area contributed by atoms with Crippen LogP contribution in [0.1, 0.15) is 0 Å². The second-order valence-corrected chi connectivity index (χ2v) is 7.60. The topological polar surface area (TPSA) is 44.1 Å². The summed E-state index contributed by atoms with van der Waals surface area (Å²) in [6, 6.07) is 37.3. The van der Waals surface area contributed by atoms with Crippen molar-refractivity contribution in [3.8, 4) is 45.2 Å². The summed E-state index contributed by atoms with van der Waals surface area (Å²) in [6.45, 7) is 0. The van der Waals surface area contributed by atoms with Crippen LogP contribution >= 0.6 is 0 Å². The molecule has 0 saturated heterocycles. The number of hydrogen-bond donors (Lipinski definition) is 0. The maximum atomic E-state index is 13.6. The summed E-state index contributed by atoms with van der Waals surface area (Å²) < 4.78 is 7.40. The molecule has 0 aliphatic carbocycles. The molecule has 4 aromatic carbocycles. The lowest BCUT2D eigenvalue weighted by molar-refractivity contribution is 0.415. The third-order valence-corrected chi connectivity index (χ3v) is 5.57. The van der Waals surface area contributed by atoms with Crippen LogP contribution in [0.2, 0.25) is 0 Å². The first kappa shape index (κ1) is 20.5. The molecular weight excluding hydrogens is 408 g/mol.